The van der Waals surface area contributed by atoms with Crippen LogP contribution in [0.15, 0.2) is 42.7 Å². The van der Waals surface area contributed by atoms with E-state index in [0.717, 1.165) is 37.6 Å². The standard InChI is InChI=1S/C21H28N4O2/c1-16(2)18-4-6-19(7-5-18)27-15-20(26)24-14-17-8-12-25(13-9-17)21-22-10-3-11-23-21/h3-7,10-11,16-17H,8-9,12-15H2,1-2H3,(H,24,26). The number of nitrogens with zero attached hydrogens (tertiary/aromatic N) is 3. The van der Waals surface area contributed by atoms with E-state index >= 15 is 0 Å². The summed E-state index contributed by atoms with van der Waals surface area (Å²) in [5, 5.41) is 2.99. The average molecular weight is 368 g/mol. The van der Waals surface area contributed by atoms with Gasteiger partial charge in [0, 0.05) is 32.0 Å². The lowest BCUT2D eigenvalue weighted by molar-refractivity contribution is -0.123. The molecule has 1 aromatic heterocycles. The molecule has 0 saturated carbocycles. The maximum absolute atomic E-state index is 12.1. The minimum Gasteiger partial charge on any atom is -0.484 e. The molecule has 3 rings (SSSR count). The minimum atomic E-state index is -0.0724. The van der Waals surface area contributed by atoms with Gasteiger partial charge in [-0.25, -0.2) is 9.97 Å². The molecule has 0 aliphatic carbocycles. The Morgan fingerprint density at radius 1 is 1.19 bits per heavy atom. The summed E-state index contributed by atoms with van der Waals surface area (Å²) < 4.78 is 5.58. The number of benzene rings is 1. The predicted octanol–water partition coefficient (Wildman–Crippen LogP) is 3.01. The van der Waals surface area contributed by atoms with Crippen molar-refractivity contribution >= 4 is 11.9 Å². The molecular formula is C21H28N4O2. The van der Waals surface area contributed by atoms with Crippen molar-refractivity contribution in [3.63, 3.8) is 0 Å². The van der Waals surface area contributed by atoms with Crippen molar-refractivity contribution in [3.05, 3.63) is 48.3 Å². The quantitative estimate of drug-likeness (QED) is 0.814. The topological polar surface area (TPSA) is 67.3 Å². The Bertz CT molecular complexity index is 711. The Kier molecular flexibility index (Phi) is 6.63. The summed E-state index contributed by atoms with van der Waals surface area (Å²) in [5.74, 6) is 2.42. The number of amides is 1. The van der Waals surface area contributed by atoms with E-state index in [9.17, 15) is 4.79 Å². The fourth-order valence-corrected chi connectivity index (χ4v) is 3.20. The SMILES string of the molecule is CC(C)c1ccc(OCC(=O)NCC2CCN(c3ncccn3)CC2)cc1. The van der Waals surface area contributed by atoms with Crippen molar-refractivity contribution in [1.82, 2.24) is 15.3 Å². The van der Waals surface area contributed by atoms with E-state index in [1.165, 1.54) is 5.56 Å². The Labute approximate surface area is 161 Å². The largest absolute Gasteiger partial charge is 0.484 e. The van der Waals surface area contributed by atoms with E-state index in [-0.39, 0.29) is 12.5 Å². The molecule has 2 aromatic rings. The Morgan fingerprint density at radius 2 is 1.85 bits per heavy atom. The molecule has 1 amide bonds. The Morgan fingerprint density at radius 3 is 2.48 bits per heavy atom. The second kappa shape index (κ2) is 9.35. The molecule has 0 radical (unpaired) electrons. The molecule has 1 aromatic carbocycles. The zero-order valence-corrected chi connectivity index (χ0v) is 16.1. The first-order valence-corrected chi connectivity index (χ1v) is 9.63. The smallest absolute Gasteiger partial charge is 0.257 e. The molecule has 0 unspecified atom stereocenters. The molecule has 27 heavy (non-hydrogen) atoms. The Balaban J connectivity index is 1.35. The van der Waals surface area contributed by atoms with Crippen LogP contribution in [0.3, 0.4) is 0 Å². The third-order valence-electron chi connectivity index (χ3n) is 4.95. The molecule has 0 spiro atoms. The third kappa shape index (κ3) is 5.67. The van der Waals surface area contributed by atoms with Crippen LogP contribution in [-0.4, -0.2) is 42.1 Å². The highest BCUT2D eigenvalue weighted by Gasteiger charge is 2.21. The van der Waals surface area contributed by atoms with Crippen LogP contribution in [0, 0.1) is 5.92 Å². The average Bonchev–Trinajstić information content (AvgIpc) is 2.72. The summed E-state index contributed by atoms with van der Waals surface area (Å²) >= 11 is 0. The minimum absolute atomic E-state index is 0.0533. The maximum atomic E-state index is 12.1. The summed E-state index contributed by atoms with van der Waals surface area (Å²) in [7, 11) is 0. The number of carbonyl (C=O) groups is 1. The summed E-state index contributed by atoms with van der Waals surface area (Å²) in [4.78, 5) is 22.8. The number of hydrogen-bond donors (Lipinski definition) is 1. The summed E-state index contributed by atoms with van der Waals surface area (Å²) in [6.45, 7) is 6.89. The predicted molar refractivity (Wildman–Crippen MR) is 106 cm³/mol. The zero-order chi connectivity index (χ0) is 19.1. The normalized spacial score (nSPS) is 15.0. The molecule has 1 aliphatic heterocycles. The molecule has 1 aliphatic rings. The van der Waals surface area contributed by atoms with Gasteiger partial charge in [-0.05, 0) is 48.4 Å². The van der Waals surface area contributed by atoms with E-state index in [0.29, 0.717) is 18.4 Å². The zero-order valence-electron chi connectivity index (χ0n) is 16.1. The summed E-state index contributed by atoms with van der Waals surface area (Å²) in [6.07, 6.45) is 5.59. The highest BCUT2D eigenvalue weighted by atomic mass is 16.5. The van der Waals surface area contributed by atoms with Crippen LogP contribution in [0.25, 0.3) is 0 Å². The van der Waals surface area contributed by atoms with Crippen LogP contribution in [0.5, 0.6) is 5.75 Å². The van der Waals surface area contributed by atoms with Crippen molar-refractivity contribution in [2.24, 2.45) is 5.92 Å². The highest BCUT2D eigenvalue weighted by molar-refractivity contribution is 5.77. The van der Waals surface area contributed by atoms with Crippen molar-refractivity contribution < 1.29 is 9.53 Å². The van der Waals surface area contributed by atoms with Gasteiger partial charge in [0.15, 0.2) is 6.61 Å². The van der Waals surface area contributed by atoms with Gasteiger partial charge < -0.3 is 15.0 Å². The molecule has 144 valence electrons. The number of rotatable bonds is 7. The van der Waals surface area contributed by atoms with Gasteiger partial charge in [0.25, 0.3) is 5.91 Å². The molecular weight excluding hydrogens is 340 g/mol. The lowest BCUT2D eigenvalue weighted by atomic mass is 9.97. The number of anilines is 1. The maximum Gasteiger partial charge on any atom is 0.257 e. The summed E-state index contributed by atoms with van der Waals surface area (Å²) in [6, 6.07) is 9.75. The fourth-order valence-electron chi connectivity index (χ4n) is 3.20. The van der Waals surface area contributed by atoms with E-state index < -0.39 is 0 Å². The van der Waals surface area contributed by atoms with E-state index in [1.54, 1.807) is 12.4 Å². The number of nitrogens with one attached hydrogen (secondary N) is 1. The van der Waals surface area contributed by atoms with Gasteiger partial charge in [-0.2, -0.15) is 0 Å². The molecule has 1 N–H and O–H groups in total. The van der Waals surface area contributed by atoms with Gasteiger partial charge in [0.1, 0.15) is 5.75 Å². The van der Waals surface area contributed by atoms with Crippen LogP contribution >= 0.6 is 0 Å². The van der Waals surface area contributed by atoms with Crippen LogP contribution in [0.2, 0.25) is 0 Å². The molecule has 6 heteroatoms. The van der Waals surface area contributed by atoms with Crippen LogP contribution in [-0.2, 0) is 4.79 Å². The van der Waals surface area contributed by atoms with Crippen LogP contribution in [0.4, 0.5) is 5.95 Å². The Hall–Kier alpha value is -2.63. The monoisotopic (exact) mass is 368 g/mol. The highest BCUT2D eigenvalue weighted by Crippen LogP contribution is 2.20. The molecule has 0 bridgehead atoms. The molecule has 1 fully saturated rings. The van der Waals surface area contributed by atoms with Gasteiger partial charge in [0.05, 0.1) is 0 Å². The number of hydrogen-bond acceptors (Lipinski definition) is 5. The number of aromatic nitrogens is 2. The molecule has 2 heterocycles. The molecule has 0 atom stereocenters. The van der Waals surface area contributed by atoms with Crippen molar-refractivity contribution in [3.8, 4) is 5.75 Å². The summed E-state index contributed by atoms with van der Waals surface area (Å²) in [5.41, 5.74) is 1.26. The van der Waals surface area contributed by atoms with Crippen molar-refractivity contribution in [1.29, 1.82) is 0 Å². The first kappa shape index (κ1) is 19.1. The third-order valence-corrected chi connectivity index (χ3v) is 4.95. The van der Waals surface area contributed by atoms with Gasteiger partial charge in [-0.3, -0.25) is 4.79 Å². The van der Waals surface area contributed by atoms with Crippen molar-refractivity contribution in [2.75, 3.05) is 31.1 Å². The van der Waals surface area contributed by atoms with E-state index in [4.69, 9.17) is 4.74 Å². The van der Waals surface area contributed by atoms with E-state index in [2.05, 4.69) is 34.0 Å². The number of carbonyl (C=O) groups excluding carboxylic acids is 1. The second-order valence-corrected chi connectivity index (χ2v) is 7.30. The van der Waals surface area contributed by atoms with E-state index in [1.807, 2.05) is 30.3 Å². The molecule has 6 nitrogen and oxygen atoms in total. The second-order valence-electron chi connectivity index (χ2n) is 7.30. The lowest BCUT2D eigenvalue weighted by Crippen LogP contribution is -2.40. The van der Waals surface area contributed by atoms with Gasteiger partial charge in [-0.1, -0.05) is 26.0 Å². The first-order chi connectivity index (χ1) is 13.1. The van der Waals surface area contributed by atoms with Gasteiger partial charge >= 0.3 is 0 Å². The van der Waals surface area contributed by atoms with Gasteiger partial charge in [-0.15, -0.1) is 0 Å². The number of piperidine rings is 1. The number of ether oxygens (including phenoxy) is 1. The lowest BCUT2D eigenvalue weighted by Gasteiger charge is -2.31. The van der Waals surface area contributed by atoms with Gasteiger partial charge in [0.2, 0.25) is 5.95 Å². The van der Waals surface area contributed by atoms with Crippen LogP contribution in [0.1, 0.15) is 38.2 Å². The molecule has 1 saturated heterocycles. The van der Waals surface area contributed by atoms with Crippen molar-refractivity contribution in [2.45, 2.75) is 32.6 Å². The first-order valence-electron chi connectivity index (χ1n) is 9.63. The fraction of sp³-hybridized carbons (Fsp3) is 0.476. The van der Waals surface area contributed by atoms with Crippen LogP contribution < -0.4 is 15.0 Å².